The zero-order valence-corrected chi connectivity index (χ0v) is 22.4. The van der Waals surface area contributed by atoms with Crippen LogP contribution in [0.3, 0.4) is 0 Å². The predicted molar refractivity (Wildman–Crippen MR) is 158 cm³/mol. The third-order valence-corrected chi connectivity index (χ3v) is 7.99. The molecule has 1 amide bonds. The number of ether oxygens (including phenoxy) is 2. The molecule has 5 nitrogen and oxygen atoms in total. The van der Waals surface area contributed by atoms with Crippen molar-refractivity contribution in [2.24, 2.45) is 0 Å². The molecule has 0 aromatic heterocycles. The van der Waals surface area contributed by atoms with Crippen LogP contribution in [0.15, 0.2) is 127 Å². The lowest BCUT2D eigenvalue weighted by atomic mass is 9.85. The van der Waals surface area contributed by atoms with Crippen molar-refractivity contribution in [2.75, 3.05) is 11.5 Å². The third-order valence-electron chi connectivity index (χ3n) is 7.99. The van der Waals surface area contributed by atoms with Crippen molar-refractivity contribution in [3.63, 3.8) is 0 Å². The molecule has 1 N–H and O–H groups in total. The van der Waals surface area contributed by atoms with Gasteiger partial charge in [0, 0.05) is 23.6 Å². The molecule has 2 aliphatic heterocycles. The van der Waals surface area contributed by atoms with Crippen molar-refractivity contribution >= 4 is 11.6 Å². The van der Waals surface area contributed by atoms with E-state index in [1.165, 1.54) is 0 Å². The number of carbonyl (C=O) groups is 1. The molecule has 2 aliphatic rings. The van der Waals surface area contributed by atoms with Crippen LogP contribution >= 0.6 is 0 Å². The monoisotopic (exact) mass is 539 g/mol. The lowest BCUT2D eigenvalue weighted by Crippen LogP contribution is -2.43. The maximum Gasteiger partial charge on any atom is 0.269 e. The van der Waals surface area contributed by atoms with Gasteiger partial charge < -0.3 is 14.6 Å². The molecule has 41 heavy (non-hydrogen) atoms. The molecule has 5 aromatic rings. The molecule has 1 unspecified atom stereocenters. The number of benzene rings is 5. The van der Waals surface area contributed by atoms with Gasteiger partial charge in [-0.05, 0) is 34.4 Å². The second-order valence-electron chi connectivity index (χ2n) is 10.5. The fraction of sp³-hybridized carbons (Fsp3) is 0.139. The van der Waals surface area contributed by atoms with Crippen molar-refractivity contribution in [2.45, 2.75) is 24.7 Å². The van der Waals surface area contributed by atoms with Gasteiger partial charge in [0.05, 0.1) is 18.3 Å². The Kier molecular flexibility index (Phi) is 6.29. The molecule has 5 heteroatoms. The summed E-state index contributed by atoms with van der Waals surface area (Å²) in [5.74, 6) is 0.736. The lowest BCUT2D eigenvalue weighted by Gasteiger charge is -2.32. The van der Waals surface area contributed by atoms with E-state index in [9.17, 15) is 9.90 Å². The zero-order valence-electron chi connectivity index (χ0n) is 22.4. The first-order chi connectivity index (χ1) is 20.1. The molecule has 0 radical (unpaired) electrons. The number of aliphatic hydroxyl groups is 1. The van der Waals surface area contributed by atoms with Gasteiger partial charge in [0.2, 0.25) is 0 Å². The summed E-state index contributed by atoms with van der Waals surface area (Å²) in [6.07, 6.45) is 0.702. The quantitative estimate of drug-likeness (QED) is 0.254. The lowest BCUT2D eigenvalue weighted by molar-refractivity contribution is -0.132. The molecule has 5 aromatic carbocycles. The van der Waals surface area contributed by atoms with E-state index in [0.717, 1.165) is 28.0 Å². The minimum Gasteiger partial charge on any atom is -0.493 e. The summed E-state index contributed by atoms with van der Waals surface area (Å²) in [7, 11) is 0. The van der Waals surface area contributed by atoms with Gasteiger partial charge in [0.25, 0.3) is 5.91 Å². The van der Waals surface area contributed by atoms with Crippen LogP contribution in [0.5, 0.6) is 11.5 Å². The number of nitrogens with zero attached hydrogens (tertiary/aromatic N) is 1. The van der Waals surface area contributed by atoms with Crippen LogP contribution in [0.1, 0.15) is 39.4 Å². The van der Waals surface area contributed by atoms with Gasteiger partial charge >= 0.3 is 0 Å². The number of amides is 1. The van der Waals surface area contributed by atoms with Crippen LogP contribution in [0.25, 0.3) is 0 Å². The van der Waals surface area contributed by atoms with Gasteiger partial charge in [-0.1, -0.05) is 109 Å². The maximum absolute atomic E-state index is 14.8. The van der Waals surface area contributed by atoms with E-state index in [0.29, 0.717) is 42.2 Å². The maximum atomic E-state index is 14.8. The minimum absolute atomic E-state index is 0.291. The molecule has 0 spiro atoms. The van der Waals surface area contributed by atoms with E-state index < -0.39 is 17.6 Å². The molecule has 2 heterocycles. The summed E-state index contributed by atoms with van der Waals surface area (Å²) in [6.45, 7) is 0.842. The highest BCUT2D eigenvalue weighted by Gasteiger charge is 2.54. The van der Waals surface area contributed by atoms with Crippen molar-refractivity contribution in [3.05, 3.63) is 161 Å². The first-order valence-corrected chi connectivity index (χ1v) is 13.9. The fourth-order valence-electron chi connectivity index (χ4n) is 6.01. The molecule has 0 bridgehead atoms. The van der Waals surface area contributed by atoms with Crippen molar-refractivity contribution in [1.82, 2.24) is 0 Å². The van der Waals surface area contributed by atoms with Crippen LogP contribution in [0.2, 0.25) is 0 Å². The predicted octanol–water partition coefficient (Wildman–Crippen LogP) is 6.57. The summed E-state index contributed by atoms with van der Waals surface area (Å²) < 4.78 is 12.2. The van der Waals surface area contributed by atoms with Gasteiger partial charge in [0.15, 0.2) is 5.60 Å². The molecule has 0 saturated heterocycles. The number of para-hydroxylation sites is 1. The molecular formula is C36H29NO4. The Morgan fingerprint density at radius 2 is 1.39 bits per heavy atom. The van der Waals surface area contributed by atoms with Crippen LogP contribution < -0.4 is 14.4 Å². The Hall–Kier alpha value is -4.87. The molecule has 0 saturated carbocycles. The van der Waals surface area contributed by atoms with Crippen molar-refractivity contribution in [3.8, 4) is 11.5 Å². The van der Waals surface area contributed by atoms with E-state index >= 15 is 0 Å². The van der Waals surface area contributed by atoms with Gasteiger partial charge in [-0.3, -0.25) is 9.69 Å². The molecule has 202 valence electrons. The second kappa shape index (κ2) is 10.3. The summed E-state index contributed by atoms with van der Waals surface area (Å²) in [5.41, 5.74) is 3.52. The van der Waals surface area contributed by atoms with Crippen LogP contribution in [0.4, 0.5) is 5.69 Å². The molecule has 7 rings (SSSR count). The highest BCUT2D eigenvalue weighted by Crippen LogP contribution is 2.52. The standard InChI is InChI=1S/C36H29NO4/c38-35-36(39,30-22-28-20-21-40-32(28)23-33(30)41-24-25-12-4-1-5-13-25)29-18-10-11-19-31(29)37(35)34(26-14-6-2-7-15-26)27-16-8-3-9-17-27/h1-19,22-23,34,39H,20-21,24H2. The Morgan fingerprint density at radius 3 is 2.07 bits per heavy atom. The first kappa shape index (κ1) is 25.1. The number of hydrogen-bond donors (Lipinski definition) is 1. The third kappa shape index (κ3) is 4.26. The number of fused-ring (bicyclic) bond motifs is 2. The normalized spacial score (nSPS) is 17.3. The Bertz CT molecular complexity index is 1670. The van der Waals surface area contributed by atoms with E-state index in [4.69, 9.17) is 9.47 Å². The van der Waals surface area contributed by atoms with Crippen LogP contribution in [-0.2, 0) is 23.4 Å². The van der Waals surface area contributed by atoms with Crippen LogP contribution in [-0.4, -0.2) is 17.6 Å². The summed E-state index contributed by atoms with van der Waals surface area (Å²) in [4.78, 5) is 16.5. The molecule has 0 fully saturated rings. The van der Waals surface area contributed by atoms with E-state index in [2.05, 4.69) is 0 Å². The second-order valence-corrected chi connectivity index (χ2v) is 10.5. The summed E-state index contributed by atoms with van der Waals surface area (Å²) in [6, 6.07) is 40.5. The minimum atomic E-state index is -1.96. The number of anilines is 1. The smallest absolute Gasteiger partial charge is 0.269 e. The number of rotatable bonds is 7. The first-order valence-electron chi connectivity index (χ1n) is 13.9. The van der Waals surface area contributed by atoms with E-state index in [1.54, 1.807) is 4.90 Å². The Balaban J connectivity index is 1.39. The highest BCUT2D eigenvalue weighted by molar-refractivity contribution is 6.10. The van der Waals surface area contributed by atoms with Crippen molar-refractivity contribution in [1.29, 1.82) is 0 Å². The zero-order chi connectivity index (χ0) is 27.8. The van der Waals surface area contributed by atoms with Gasteiger partial charge in [-0.2, -0.15) is 0 Å². The Labute approximate surface area is 239 Å². The van der Waals surface area contributed by atoms with Gasteiger partial charge in [-0.25, -0.2) is 0 Å². The molecule has 1 atom stereocenters. The van der Waals surface area contributed by atoms with E-state index in [1.807, 2.05) is 127 Å². The summed E-state index contributed by atoms with van der Waals surface area (Å²) >= 11 is 0. The van der Waals surface area contributed by atoms with Crippen molar-refractivity contribution < 1.29 is 19.4 Å². The Morgan fingerprint density at radius 1 is 0.780 bits per heavy atom. The average Bonchev–Trinajstić information content (AvgIpc) is 3.58. The van der Waals surface area contributed by atoms with Gasteiger partial charge in [0.1, 0.15) is 18.1 Å². The molecular weight excluding hydrogens is 510 g/mol. The number of hydrogen-bond acceptors (Lipinski definition) is 4. The topological polar surface area (TPSA) is 59.0 Å². The van der Waals surface area contributed by atoms with Gasteiger partial charge in [-0.15, -0.1) is 0 Å². The fourth-order valence-corrected chi connectivity index (χ4v) is 6.01. The average molecular weight is 540 g/mol. The number of carbonyl (C=O) groups excluding carboxylic acids is 1. The largest absolute Gasteiger partial charge is 0.493 e. The molecule has 0 aliphatic carbocycles. The van der Waals surface area contributed by atoms with Crippen LogP contribution in [0, 0.1) is 0 Å². The van der Waals surface area contributed by atoms with E-state index in [-0.39, 0.29) is 0 Å². The highest BCUT2D eigenvalue weighted by atomic mass is 16.5. The summed E-state index contributed by atoms with van der Waals surface area (Å²) in [5, 5.41) is 12.7. The SMILES string of the molecule is O=C1N(C(c2ccccc2)c2ccccc2)c2ccccc2C1(O)c1cc2c(cc1OCc1ccccc1)OCC2.